The lowest BCUT2D eigenvalue weighted by molar-refractivity contribution is 0.0939. The van der Waals surface area contributed by atoms with E-state index in [2.05, 4.69) is 5.32 Å². The van der Waals surface area contributed by atoms with Gasteiger partial charge in [-0.3, -0.25) is 4.79 Å². The SMILES string of the molecule is O=C(NCC1CC2CCC1C2)c1ccccc1O. The molecule has 3 nitrogen and oxygen atoms in total. The summed E-state index contributed by atoms with van der Waals surface area (Å²) in [4.78, 5) is 12.0. The van der Waals surface area contributed by atoms with Crippen LogP contribution >= 0.6 is 0 Å². The third-order valence-electron chi connectivity index (χ3n) is 4.56. The average Bonchev–Trinajstić information content (AvgIpc) is 2.98. The number of aromatic hydroxyl groups is 1. The molecule has 2 aliphatic rings. The van der Waals surface area contributed by atoms with Gasteiger partial charge < -0.3 is 10.4 Å². The van der Waals surface area contributed by atoms with E-state index < -0.39 is 0 Å². The molecular formula is C15H19NO2. The zero-order valence-corrected chi connectivity index (χ0v) is 10.4. The molecule has 2 saturated carbocycles. The van der Waals surface area contributed by atoms with E-state index in [9.17, 15) is 9.90 Å². The second-order valence-corrected chi connectivity index (χ2v) is 5.66. The lowest BCUT2D eigenvalue weighted by Crippen LogP contribution is -2.31. The Bertz CT molecular complexity index is 458. The number of rotatable bonds is 3. The Morgan fingerprint density at radius 3 is 2.78 bits per heavy atom. The number of carbonyl (C=O) groups excluding carboxylic acids is 1. The Morgan fingerprint density at radius 2 is 2.11 bits per heavy atom. The highest BCUT2D eigenvalue weighted by Crippen LogP contribution is 2.47. The number of nitrogens with one attached hydrogen (secondary N) is 1. The summed E-state index contributed by atoms with van der Waals surface area (Å²) in [5, 5.41) is 12.6. The lowest BCUT2D eigenvalue weighted by Gasteiger charge is -2.21. The Labute approximate surface area is 107 Å². The van der Waals surface area contributed by atoms with E-state index in [1.807, 2.05) is 0 Å². The molecule has 3 rings (SSSR count). The van der Waals surface area contributed by atoms with Crippen molar-refractivity contribution >= 4 is 5.91 Å². The molecule has 18 heavy (non-hydrogen) atoms. The smallest absolute Gasteiger partial charge is 0.255 e. The first-order chi connectivity index (χ1) is 8.74. The van der Waals surface area contributed by atoms with Gasteiger partial charge in [0.25, 0.3) is 5.91 Å². The van der Waals surface area contributed by atoms with Gasteiger partial charge in [0.15, 0.2) is 0 Å². The van der Waals surface area contributed by atoms with Crippen molar-refractivity contribution < 1.29 is 9.90 Å². The van der Waals surface area contributed by atoms with E-state index >= 15 is 0 Å². The molecule has 2 aliphatic carbocycles. The van der Waals surface area contributed by atoms with Crippen molar-refractivity contribution in [1.29, 1.82) is 0 Å². The normalized spacial score (nSPS) is 29.4. The summed E-state index contributed by atoms with van der Waals surface area (Å²) in [5.41, 5.74) is 0.376. The number of phenolic OH excluding ortho intramolecular Hbond substituents is 1. The van der Waals surface area contributed by atoms with Crippen LogP contribution < -0.4 is 5.32 Å². The molecule has 0 saturated heterocycles. The Morgan fingerprint density at radius 1 is 1.28 bits per heavy atom. The molecule has 2 N–H and O–H groups in total. The van der Waals surface area contributed by atoms with Crippen LogP contribution in [0.25, 0.3) is 0 Å². The fourth-order valence-electron chi connectivity index (χ4n) is 3.61. The third kappa shape index (κ3) is 2.09. The number of hydrogen-bond acceptors (Lipinski definition) is 2. The number of fused-ring (bicyclic) bond motifs is 2. The van der Waals surface area contributed by atoms with Gasteiger partial charge in [-0.15, -0.1) is 0 Å². The first kappa shape index (κ1) is 11.6. The van der Waals surface area contributed by atoms with Crippen molar-refractivity contribution in [3.63, 3.8) is 0 Å². The largest absolute Gasteiger partial charge is 0.507 e. The summed E-state index contributed by atoms with van der Waals surface area (Å²) in [6.45, 7) is 0.758. The number of carbonyl (C=O) groups is 1. The zero-order valence-electron chi connectivity index (χ0n) is 10.4. The van der Waals surface area contributed by atoms with Crippen molar-refractivity contribution in [3.05, 3.63) is 29.8 Å². The van der Waals surface area contributed by atoms with Gasteiger partial charge in [0.2, 0.25) is 0 Å². The maximum Gasteiger partial charge on any atom is 0.255 e. The van der Waals surface area contributed by atoms with Gasteiger partial charge in [-0.2, -0.15) is 0 Å². The topological polar surface area (TPSA) is 49.3 Å². The van der Waals surface area contributed by atoms with Gasteiger partial charge in [-0.05, 0) is 49.1 Å². The van der Waals surface area contributed by atoms with Crippen molar-refractivity contribution in [2.45, 2.75) is 25.7 Å². The minimum atomic E-state index is -0.157. The zero-order chi connectivity index (χ0) is 12.5. The Balaban J connectivity index is 1.57. The molecule has 0 radical (unpaired) electrons. The van der Waals surface area contributed by atoms with Gasteiger partial charge in [0.1, 0.15) is 5.75 Å². The number of benzene rings is 1. The predicted molar refractivity (Wildman–Crippen MR) is 69.4 cm³/mol. The molecule has 3 atom stereocenters. The van der Waals surface area contributed by atoms with Crippen LogP contribution in [0.4, 0.5) is 0 Å². The van der Waals surface area contributed by atoms with Crippen LogP contribution in [0.5, 0.6) is 5.75 Å². The van der Waals surface area contributed by atoms with Crippen LogP contribution in [0, 0.1) is 17.8 Å². The lowest BCUT2D eigenvalue weighted by atomic mass is 9.89. The maximum atomic E-state index is 12.0. The highest BCUT2D eigenvalue weighted by atomic mass is 16.3. The molecule has 2 bridgehead atoms. The van der Waals surface area contributed by atoms with Crippen LogP contribution in [-0.2, 0) is 0 Å². The van der Waals surface area contributed by atoms with Crippen molar-refractivity contribution in [2.24, 2.45) is 17.8 Å². The number of amides is 1. The number of hydrogen-bond donors (Lipinski definition) is 2. The van der Waals surface area contributed by atoms with Crippen molar-refractivity contribution in [1.82, 2.24) is 5.32 Å². The van der Waals surface area contributed by atoms with E-state index in [1.54, 1.807) is 24.3 Å². The predicted octanol–water partition coefficient (Wildman–Crippen LogP) is 2.56. The van der Waals surface area contributed by atoms with Gasteiger partial charge in [-0.25, -0.2) is 0 Å². The molecule has 3 heteroatoms. The van der Waals surface area contributed by atoms with Crippen molar-refractivity contribution in [3.8, 4) is 5.75 Å². The quantitative estimate of drug-likeness (QED) is 0.859. The molecule has 0 heterocycles. The van der Waals surface area contributed by atoms with Crippen LogP contribution in [-0.4, -0.2) is 17.6 Å². The first-order valence-corrected chi connectivity index (χ1v) is 6.80. The summed E-state index contributed by atoms with van der Waals surface area (Å²) in [5.74, 6) is 2.28. The Hall–Kier alpha value is -1.51. The second-order valence-electron chi connectivity index (χ2n) is 5.66. The summed E-state index contributed by atoms with van der Waals surface area (Å²) in [7, 11) is 0. The monoisotopic (exact) mass is 245 g/mol. The molecule has 0 spiro atoms. The standard InChI is InChI=1S/C15H19NO2/c17-14-4-2-1-3-13(14)15(18)16-9-12-8-10-5-6-11(12)7-10/h1-4,10-12,17H,5-9H2,(H,16,18). The molecule has 2 fully saturated rings. The molecular weight excluding hydrogens is 226 g/mol. The maximum absolute atomic E-state index is 12.0. The summed E-state index contributed by atoms with van der Waals surface area (Å²) < 4.78 is 0. The minimum absolute atomic E-state index is 0.0583. The minimum Gasteiger partial charge on any atom is -0.507 e. The number of phenols is 1. The van der Waals surface area contributed by atoms with Gasteiger partial charge in [0.05, 0.1) is 5.56 Å². The second kappa shape index (κ2) is 4.63. The van der Waals surface area contributed by atoms with Gasteiger partial charge in [0, 0.05) is 6.54 Å². The Kier molecular flexibility index (Phi) is 2.98. The molecule has 0 aromatic heterocycles. The van der Waals surface area contributed by atoms with E-state index in [1.165, 1.54) is 25.7 Å². The number of para-hydroxylation sites is 1. The molecule has 1 aromatic rings. The van der Waals surface area contributed by atoms with Gasteiger partial charge in [-0.1, -0.05) is 18.6 Å². The van der Waals surface area contributed by atoms with Crippen LogP contribution in [0.2, 0.25) is 0 Å². The third-order valence-corrected chi connectivity index (χ3v) is 4.56. The summed E-state index contributed by atoms with van der Waals surface area (Å²) >= 11 is 0. The van der Waals surface area contributed by atoms with E-state index in [4.69, 9.17) is 0 Å². The highest BCUT2D eigenvalue weighted by molar-refractivity contribution is 5.96. The van der Waals surface area contributed by atoms with Gasteiger partial charge >= 0.3 is 0 Å². The molecule has 0 aliphatic heterocycles. The fourth-order valence-corrected chi connectivity index (χ4v) is 3.61. The van der Waals surface area contributed by atoms with Crippen LogP contribution in [0.15, 0.2) is 24.3 Å². The van der Waals surface area contributed by atoms with E-state index in [0.29, 0.717) is 11.5 Å². The summed E-state index contributed by atoms with van der Waals surface area (Å²) in [6, 6.07) is 6.70. The fraction of sp³-hybridized carbons (Fsp3) is 0.533. The average molecular weight is 245 g/mol. The van der Waals surface area contributed by atoms with E-state index in [-0.39, 0.29) is 11.7 Å². The summed E-state index contributed by atoms with van der Waals surface area (Å²) in [6.07, 6.45) is 5.35. The first-order valence-electron chi connectivity index (χ1n) is 6.80. The van der Waals surface area contributed by atoms with Crippen LogP contribution in [0.1, 0.15) is 36.0 Å². The van der Waals surface area contributed by atoms with Crippen molar-refractivity contribution in [2.75, 3.05) is 6.54 Å². The molecule has 96 valence electrons. The molecule has 1 amide bonds. The molecule has 3 unspecified atom stereocenters. The van der Waals surface area contributed by atoms with Crippen LogP contribution in [0.3, 0.4) is 0 Å². The van der Waals surface area contributed by atoms with E-state index in [0.717, 1.165) is 18.4 Å². The highest BCUT2D eigenvalue weighted by Gasteiger charge is 2.39. The molecule has 1 aromatic carbocycles.